The van der Waals surface area contributed by atoms with Gasteiger partial charge in [-0.3, -0.25) is 9.78 Å². The van der Waals surface area contributed by atoms with Gasteiger partial charge >= 0.3 is 0 Å². The average Bonchev–Trinajstić information content (AvgIpc) is 2.87. The summed E-state index contributed by atoms with van der Waals surface area (Å²) in [4.78, 5) is 18.9. The first kappa shape index (κ1) is 17.0. The van der Waals surface area contributed by atoms with E-state index >= 15 is 0 Å². The molecule has 1 fully saturated rings. The van der Waals surface area contributed by atoms with Gasteiger partial charge in [0.05, 0.1) is 17.4 Å². The van der Waals surface area contributed by atoms with E-state index in [1.165, 1.54) is 18.4 Å². The quantitative estimate of drug-likeness (QED) is 0.813. The van der Waals surface area contributed by atoms with Crippen LogP contribution in [0.15, 0.2) is 41.1 Å². The van der Waals surface area contributed by atoms with Gasteiger partial charge in [-0.2, -0.15) is 0 Å². The minimum atomic E-state index is 0.0816. The summed E-state index contributed by atoms with van der Waals surface area (Å²) < 4.78 is 1.05. The number of anilines is 2. The third-order valence-corrected chi connectivity index (χ3v) is 5.19. The van der Waals surface area contributed by atoms with E-state index in [0.29, 0.717) is 5.56 Å². The Hall–Kier alpha value is -1.88. The van der Waals surface area contributed by atoms with Gasteiger partial charge in [0.25, 0.3) is 5.91 Å². The summed E-state index contributed by atoms with van der Waals surface area (Å²) in [6.07, 6.45) is 8.01. The molecule has 0 unspecified atom stereocenters. The van der Waals surface area contributed by atoms with Gasteiger partial charge in [-0.1, -0.05) is 34.8 Å². The summed E-state index contributed by atoms with van der Waals surface area (Å²) >= 11 is 3.54. The first-order valence-electron chi connectivity index (χ1n) is 8.41. The normalized spacial score (nSPS) is 15.0. The molecule has 126 valence electrons. The van der Waals surface area contributed by atoms with Crippen LogP contribution in [-0.2, 0) is 0 Å². The molecule has 1 aliphatic rings. The minimum absolute atomic E-state index is 0.0816. The highest BCUT2D eigenvalue weighted by Crippen LogP contribution is 2.24. The fourth-order valence-electron chi connectivity index (χ4n) is 2.92. The van der Waals surface area contributed by atoms with E-state index in [9.17, 15) is 4.79 Å². The topological polar surface area (TPSA) is 45.2 Å². The number of carbonyl (C=O) groups is 1. The second-order valence-electron chi connectivity index (χ2n) is 6.26. The van der Waals surface area contributed by atoms with Gasteiger partial charge in [-0.15, -0.1) is 0 Å². The number of aromatic nitrogens is 1. The fourth-order valence-corrected chi connectivity index (χ4v) is 3.30. The monoisotopic (exact) mass is 387 g/mol. The maximum Gasteiger partial charge on any atom is 0.255 e. The highest BCUT2D eigenvalue weighted by Gasteiger charge is 2.17. The Kier molecular flexibility index (Phi) is 5.51. The predicted molar refractivity (Wildman–Crippen MR) is 101 cm³/mol. The van der Waals surface area contributed by atoms with Crippen LogP contribution in [0.4, 0.5) is 11.4 Å². The van der Waals surface area contributed by atoms with E-state index in [4.69, 9.17) is 0 Å². The van der Waals surface area contributed by atoms with Gasteiger partial charge in [0.2, 0.25) is 0 Å². The average molecular weight is 388 g/mol. The van der Waals surface area contributed by atoms with Crippen molar-refractivity contribution in [3.63, 3.8) is 0 Å². The Morgan fingerprint density at radius 3 is 2.54 bits per heavy atom. The van der Waals surface area contributed by atoms with Crippen LogP contribution in [0.5, 0.6) is 0 Å². The number of nitrogens with zero attached hydrogens (tertiary/aromatic N) is 2. The van der Waals surface area contributed by atoms with Crippen LogP contribution in [0.2, 0.25) is 0 Å². The maximum absolute atomic E-state index is 12.7. The molecule has 0 radical (unpaired) electrons. The highest BCUT2D eigenvalue weighted by atomic mass is 79.9. The van der Waals surface area contributed by atoms with Crippen molar-refractivity contribution >= 4 is 33.2 Å². The second-order valence-corrected chi connectivity index (χ2v) is 7.11. The molecule has 2 heterocycles. The largest absolute Gasteiger partial charge is 0.354 e. The lowest BCUT2D eigenvalue weighted by atomic mass is 10.2. The van der Waals surface area contributed by atoms with Crippen molar-refractivity contribution in [1.29, 1.82) is 0 Å². The number of carbonyl (C=O) groups excluding carboxylic acids is 1. The molecule has 0 aliphatic carbocycles. The molecule has 0 bridgehead atoms. The van der Waals surface area contributed by atoms with Crippen molar-refractivity contribution in [2.45, 2.75) is 32.6 Å². The van der Waals surface area contributed by atoms with Gasteiger partial charge in [0.15, 0.2) is 0 Å². The Morgan fingerprint density at radius 1 is 1.08 bits per heavy atom. The molecule has 1 aromatic heterocycles. The number of amides is 1. The summed E-state index contributed by atoms with van der Waals surface area (Å²) in [6.45, 7) is 3.75. The van der Waals surface area contributed by atoms with Crippen molar-refractivity contribution in [2.75, 3.05) is 18.4 Å². The number of nitrogens with one attached hydrogen (secondary N) is 1. The minimum Gasteiger partial charge on any atom is -0.354 e. The van der Waals surface area contributed by atoms with Gasteiger partial charge in [0.1, 0.15) is 0 Å². The van der Waals surface area contributed by atoms with E-state index in [0.717, 1.165) is 41.8 Å². The summed E-state index contributed by atoms with van der Waals surface area (Å²) in [5.41, 5.74) is 3.62. The molecule has 0 saturated carbocycles. The number of pyridine rings is 1. The van der Waals surface area contributed by atoms with Crippen molar-refractivity contribution in [3.05, 3.63) is 52.3 Å². The molecule has 1 aliphatic heterocycles. The summed E-state index contributed by atoms with van der Waals surface area (Å²) in [5, 5.41) is 3.32. The number of aryl methyl sites for hydroxylation is 1. The lowest BCUT2D eigenvalue weighted by molar-refractivity contribution is 0.0761. The number of hydrogen-bond acceptors (Lipinski definition) is 3. The number of rotatable bonds is 3. The number of halogens is 1. The van der Waals surface area contributed by atoms with E-state index in [-0.39, 0.29) is 5.91 Å². The summed E-state index contributed by atoms with van der Waals surface area (Å²) in [7, 11) is 0. The van der Waals surface area contributed by atoms with Crippen molar-refractivity contribution in [2.24, 2.45) is 0 Å². The Bertz CT molecular complexity index is 724. The summed E-state index contributed by atoms with van der Waals surface area (Å²) in [5.74, 6) is 0.0816. The highest BCUT2D eigenvalue weighted by molar-refractivity contribution is 9.10. The van der Waals surface area contributed by atoms with Crippen molar-refractivity contribution in [3.8, 4) is 0 Å². The molecule has 1 amide bonds. The standard InChI is InChI=1S/C19H22BrN3O/c1-14-6-7-16(11-18(14)20)22-17-10-15(12-21-13-17)19(24)23-8-4-2-3-5-9-23/h6-7,10-13,22H,2-5,8-9H2,1H3. The molecule has 1 N–H and O–H groups in total. The number of benzene rings is 1. The Labute approximate surface area is 151 Å². The van der Waals surface area contributed by atoms with Gasteiger partial charge in [-0.25, -0.2) is 0 Å². The van der Waals surface area contributed by atoms with Crippen LogP contribution < -0.4 is 5.32 Å². The van der Waals surface area contributed by atoms with Crippen LogP contribution in [0.25, 0.3) is 0 Å². The lowest BCUT2D eigenvalue weighted by Gasteiger charge is -2.20. The molecule has 24 heavy (non-hydrogen) atoms. The third kappa shape index (κ3) is 4.15. The van der Waals surface area contributed by atoms with Crippen LogP contribution in [0.3, 0.4) is 0 Å². The molecule has 1 saturated heterocycles. The molecule has 4 nitrogen and oxygen atoms in total. The molecule has 0 atom stereocenters. The van der Waals surface area contributed by atoms with E-state index in [1.54, 1.807) is 12.4 Å². The molecule has 3 rings (SSSR count). The van der Waals surface area contributed by atoms with Gasteiger partial charge in [-0.05, 0) is 43.5 Å². The summed E-state index contributed by atoms with van der Waals surface area (Å²) in [6, 6.07) is 7.97. The smallest absolute Gasteiger partial charge is 0.255 e. The first-order chi connectivity index (χ1) is 11.6. The Morgan fingerprint density at radius 2 is 1.83 bits per heavy atom. The van der Waals surface area contributed by atoms with Crippen LogP contribution in [-0.4, -0.2) is 28.9 Å². The molecule has 2 aromatic rings. The maximum atomic E-state index is 12.7. The zero-order valence-corrected chi connectivity index (χ0v) is 15.5. The van der Waals surface area contributed by atoms with Gasteiger partial charge in [0, 0.05) is 29.4 Å². The molecule has 5 heteroatoms. The molecule has 0 spiro atoms. The zero-order valence-electron chi connectivity index (χ0n) is 13.9. The Balaban J connectivity index is 1.75. The predicted octanol–water partition coefficient (Wildman–Crippen LogP) is 4.91. The molecular formula is C19H22BrN3O. The molecular weight excluding hydrogens is 366 g/mol. The van der Waals surface area contributed by atoms with Crippen LogP contribution in [0, 0.1) is 6.92 Å². The van der Waals surface area contributed by atoms with Gasteiger partial charge < -0.3 is 10.2 Å². The SMILES string of the molecule is Cc1ccc(Nc2cncc(C(=O)N3CCCCCC3)c2)cc1Br. The van der Waals surface area contributed by atoms with Crippen molar-refractivity contribution < 1.29 is 4.79 Å². The van der Waals surface area contributed by atoms with Crippen molar-refractivity contribution in [1.82, 2.24) is 9.88 Å². The zero-order chi connectivity index (χ0) is 16.9. The third-order valence-electron chi connectivity index (χ3n) is 4.34. The van der Waals surface area contributed by atoms with E-state index in [2.05, 4.69) is 33.2 Å². The molecule has 1 aromatic carbocycles. The lowest BCUT2D eigenvalue weighted by Crippen LogP contribution is -2.31. The first-order valence-corrected chi connectivity index (χ1v) is 9.20. The number of hydrogen-bond donors (Lipinski definition) is 1. The number of likely N-dealkylation sites (tertiary alicyclic amines) is 1. The van der Waals surface area contributed by atoms with Crippen LogP contribution >= 0.6 is 15.9 Å². The van der Waals surface area contributed by atoms with E-state index in [1.807, 2.05) is 29.2 Å². The van der Waals surface area contributed by atoms with E-state index < -0.39 is 0 Å². The fraction of sp³-hybridized carbons (Fsp3) is 0.368. The van der Waals surface area contributed by atoms with Crippen LogP contribution in [0.1, 0.15) is 41.6 Å². The second kappa shape index (κ2) is 7.79.